The predicted octanol–water partition coefficient (Wildman–Crippen LogP) is 2.75. The number of pyridine rings is 1. The van der Waals surface area contributed by atoms with Gasteiger partial charge in [-0.05, 0) is 41.9 Å². The number of carbonyl (C=O) groups excluding carboxylic acids is 1. The molecule has 1 aromatic heterocycles. The van der Waals surface area contributed by atoms with Gasteiger partial charge in [0.15, 0.2) is 6.10 Å². The Hall–Kier alpha value is -1.10. The van der Waals surface area contributed by atoms with Crippen molar-refractivity contribution in [2.75, 3.05) is 6.54 Å². The van der Waals surface area contributed by atoms with Crippen molar-refractivity contribution in [2.45, 2.75) is 26.0 Å². The molecule has 86 valence electrons. The molecule has 0 saturated carbocycles. The number of carbonyl (C=O) groups is 1. The third-order valence-electron chi connectivity index (χ3n) is 2.54. The van der Waals surface area contributed by atoms with Gasteiger partial charge in [-0.25, -0.2) is 4.79 Å². The maximum absolute atomic E-state index is 11.5. The van der Waals surface area contributed by atoms with Crippen molar-refractivity contribution in [3.8, 4) is 0 Å². The van der Waals surface area contributed by atoms with Gasteiger partial charge < -0.3 is 9.64 Å². The predicted molar refractivity (Wildman–Crippen MR) is 63.0 cm³/mol. The van der Waals surface area contributed by atoms with E-state index in [0.717, 1.165) is 10.2 Å². The van der Waals surface area contributed by atoms with Crippen LogP contribution in [0.15, 0.2) is 22.8 Å². The second-order valence-electron chi connectivity index (χ2n) is 4.02. The molecule has 1 amide bonds. The number of halogens is 1. The van der Waals surface area contributed by atoms with E-state index in [9.17, 15) is 4.79 Å². The first-order chi connectivity index (χ1) is 7.58. The van der Waals surface area contributed by atoms with E-state index < -0.39 is 0 Å². The fraction of sp³-hybridized carbons (Fsp3) is 0.455. The van der Waals surface area contributed by atoms with Crippen LogP contribution in [0, 0.1) is 0 Å². The van der Waals surface area contributed by atoms with E-state index in [2.05, 4.69) is 20.9 Å². The van der Waals surface area contributed by atoms with Crippen LogP contribution in [0.5, 0.6) is 0 Å². The van der Waals surface area contributed by atoms with E-state index in [1.54, 1.807) is 11.1 Å². The van der Waals surface area contributed by atoms with E-state index in [0.29, 0.717) is 6.54 Å². The molecule has 2 heterocycles. The Labute approximate surface area is 103 Å². The molecule has 16 heavy (non-hydrogen) atoms. The smallest absolute Gasteiger partial charge is 0.410 e. The topological polar surface area (TPSA) is 42.4 Å². The molecule has 0 aromatic carbocycles. The average molecular weight is 285 g/mol. The molecule has 1 aromatic rings. The maximum atomic E-state index is 11.5. The third-order valence-corrected chi connectivity index (χ3v) is 3.01. The van der Waals surface area contributed by atoms with E-state index in [1.807, 2.05) is 26.0 Å². The minimum absolute atomic E-state index is 0.160. The van der Waals surface area contributed by atoms with E-state index in [4.69, 9.17) is 4.74 Å². The van der Waals surface area contributed by atoms with E-state index in [1.165, 1.54) is 0 Å². The zero-order chi connectivity index (χ0) is 11.7. The number of rotatable bonds is 2. The number of cyclic esters (lactones) is 1. The van der Waals surface area contributed by atoms with Crippen LogP contribution in [0.25, 0.3) is 0 Å². The second-order valence-corrected chi connectivity index (χ2v) is 4.94. The van der Waals surface area contributed by atoms with Crippen molar-refractivity contribution < 1.29 is 9.53 Å². The minimum atomic E-state index is -0.260. The molecule has 2 rings (SSSR count). The Morgan fingerprint density at radius 3 is 2.81 bits per heavy atom. The van der Waals surface area contributed by atoms with Crippen molar-refractivity contribution in [3.05, 3.63) is 28.5 Å². The van der Waals surface area contributed by atoms with Crippen molar-refractivity contribution in [2.24, 2.45) is 0 Å². The number of hydrogen-bond acceptors (Lipinski definition) is 3. The highest BCUT2D eigenvalue weighted by Crippen LogP contribution is 2.26. The summed E-state index contributed by atoms with van der Waals surface area (Å²) in [4.78, 5) is 17.5. The molecule has 0 N–H and O–H groups in total. The summed E-state index contributed by atoms with van der Waals surface area (Å²) in [6.45, 7) is 4.52. The molecule has 5 heteroatoms. The molecule has 0 unspecified atom stereocenters. The van der Waals surface area contributed by atoms with Crippen molar-refractivity contribution in [1.82, 2.24) is 9.88 Å². The number of nitrogens with zero attached hydrogens (tertiary/aromatic N) is 2. The van der Waals surface area contributed by atoms with Crippen molar-refractivity contribution >= 4 is 22.0 Å². The van der Waals surface area contributed by atoms with Crippen LogP contribution < -0.4 is 0 Å². The van der Waals surface area contributed by atoms with Crippen molar-refractivity contribution in [3.63, 3.8) is 0 Å². The highest BCUT2D eigenvalue weighted by atomic mass is 79.9. The van der Waals surface area contributed by atoms with Gasteiger partial charge in [-0.1, -0.05) is 0 Å². The fourth-order valence-electron chi connectivity index (χ4n) is 1.63. The molecule has 0 spiro atoms. The first-order valence-electron chi connectivity index (χ1n) is 5.16. The summed E-state index contributed by atoms with van der Waals surface area (Å²) < 4.78 is 6.19. The standard InChI is InChI=1S/C11H13BrN2O2/c1-7(2)14-6-10(16-11(14)15)9-4-3-8(12)5-13-9/h3-5,7,10H,6H2,1-2H3/t10-/m1/s1. The molecule has 1 atom stereocenters. The zero-order valence-electron chi connectivity index (χ0n) is 9.18. The summed E-state index contributed by atoms with van der Waals surface area (Å²) in [6.07, 6.45) is 1.20. The average Bonchev–Trinajstić information content (AvgIpc) is 2.61. The van der Waals surface area contributed by atoms with Gasteiger partial charge in [0, 0.05) is 16.7 Å². The Balaban J connectivity index is 2.13. The Bertz CT molecular complexity index is 391. The van der Waals surface area contributed by atoms with Gasteiger partial charge in [0.2, 0.25) is 0 Å². The molecule has 0 radical (unpaired) electrons. The minimum Gasteiger partial charge on any atom is -0.438 e. The second kappa shape index (κ2) is 4.41. The molecule has 4 nitrogen and oxygen atoms in total. The lowest BCUT2D eigenvalue weighted by molar-refractivity contribution is 0.128. The van der Waals surface area contributed by atoms with Gasteiger partial charge in [0.25, 0.3) is 0 Å². The first-order valence-corrected chi connectivity index (χ1v) is 5.96. The Kier molecular flexibility index (Phi) is 3.14. The van der Waals surface area contributed by atoms with Crippen LogP contribution in [0.4, 0.5) is 4.79 Å². The van der Waals surface area contributed by atoms with Crippen LogP contribution in [-0.2, 0) is 4.74 Å². The van der Waals surface area contributed by atoms with Gasteiger partial charge in [-0.3, -0.25) is 4.98 Å². The van der Waals surface area contributed by atoms with Crippen LogP contribution in [0.1, 0.15) is 25.6 Å². The van der Waals surface area contributed by atoms with Gasteiger partial charge in [0.1, 0.15) is 0 Å². The monoisotopic (exact) mass is 284 g/mol. The lowest BCUT2D eigenvalue weighted by Crippen LogP contribution is -2.31. The Morgan fingerprint density at radius 1 is 1.56 bits per heavy atom. The van der Waals surface area contributed by atoms with Gasteiger partial charge in [-0.15, -0.1) is 0 Å². The summed E-state index contributed by atoms with van der Waals surface area (Å²) in [6, 6.07) is 3.92. The summed E-state index contributed by atoms with van der Waals surface area (Å²) >= 11 is 3.32. The lowest BCUT2D eigenvalue weighted by atomic mass is 10.2. The third kappa shape index (κ3) is 2.19. The number of ether oxygens (including phenoxy) is 1. The molecular formula is C11H13BrN2O2. The van der Waals surface area contributed by atoms with Crippen LogP contribution in [0.3, 0.4) is 0 Å². The van der Waals surface area contributed by atoms with E-state index >= 15 is 0 Å². The summed E-state index contributed by atoms with van der Waals surface area (Å²) in [7, 11) is 0. The fourth-order valence-corrected chi connectivity index (χ4v) is 1.87. The summed E-state index contributed by atoms with van der Waals surface area (Å²) in [5, 5.41) is 0. The van der Waals surface area contributed by atoms with Crippen LogP contribution >= 0.6 is 15.9 Å². The molecule has 1 saturated heterocycles. The zero-order valence-corrected chi connectivity index (χ0v) is 10.8. The van der Waals surface area contributed by atoms with Crippen LogP contribution in [-0.4, -0.2) is 28.6 Å². The quantitative estimate of drug-likeness (QED) is 0.839. The number of aromatic nitrogens is 1. The first kappa shape index (κ1) is 11.4. The molecule has 1 aliphatic rings. The van der Waals surface area contributed by atoms with E-state index in [-0.39, 0.29) is 18.2 Å². The molecule has 0 aliphatic carbocycles. The summed E-state index contributed by atoms with van der Waals surface area (Å²) in [5.74, 6) is 0. The highest BCUT2D eigenvalue weighted by Gasteiger charge is 2.34. The molecule has 1 fully saturated rings. The van der Waals surface area contributed by atoms with Gasteiger partial charge in [0.05, 0.1) is 12.2 Å². The number of hydrogen-bond donors (Lipinski definition) is 0. The summed E-state index contributed by atoms with van der Waals surface area (Å²) in [5.41, 5.74) is 0.791. The molecular weight excluding hydrogens is 272 g/mol. The Morgan fingerprint density at radius 2 is 2.31 bits per heavy atom. The molecule has 0 bridgehead atoms. The highest BCUT2D eigenvalue weighted by molar-refractivity contribution is 9.10. The SMILES string of the molecule is CC(C)N1C[C@H](c2ccc(Br)cn2)OC1=O. The molecule has 1 aliphatic heterocycles. The maximum Gasteiger partial charge on any atom is 0.410 e. The van der Waals surface area contributed by atoms with Crippen LogP contribution in [0.2, 0.25) is 0 Å². The lowest BCUT2D eigenvalue weighted by Gasteiger charge is -2.16. The van der Waals surface area contributed by atoms with Gasteiger partial charge >= 0.3 is 6.09 Å². The largest absolute Gasteiger partial charge is 0.438 e. The van der Waals surface area contributed by atoms with Crippen molar-refractivity contribution in [1.29, 1.82) is 0 Å². The number of amides is 1. The normalized spacial score (nSPS) is 20.4. The van der Waals surface area contributed by atoms with Gasteiger partial charge in [-0.2, -0.15) is 0 Å².